The lowest BCUT2D eigenvalue weighted by molar-refractivity contribution is -0.501. The molecule has 0 saturated carbocycles. The Labute approximate surface area is 89.6 Å². The topological polar surface area (TPSA) is 57.6 Å². The Bertz CT molecular complexity index is 166. The van der Waals surface area contributed by atoms with Crippen molar-refractivity contribution in [3.8, 4) is 0 Å². The Morgan fingerprint density at radius 2 is 1.29 bits per heavy atom. The second kappa shape index (κ2) is 4.63. The predicted octanol–water partition coefficient (Wildman–Crippen LogP) is 2.68. The third kappa shape index (κ3) is 2.96. The van der Waals surface area contributed by atoms with E-state index in [0.717, 1.165) is 0 Å². The Balaban J connectivity index is 0. The molecular weight excluding hydrogens is 174 g/mol. The summed E-state index contributed by atoms with van der Waals surface area (Å²) in [6.07, 6.45) is 2.53. The minimum atomic E-state index is 0. The number of quaternary nitrogens is 1. The zero-order valence-electron chi connectivity index (χ0n) is 11.1. The first-order valence-electron chi connectivity index (χ1n) is 5.41. The van der Waals surface area contributed by atoms with Gasteiger partial charge in [0.05, 0.1) is 5.54 Å². The van der Waals surface area contributed by atoms with Gasteiger partial charge in [0.15, 0.2) is 0 Å². The van der Waals surface area contributed by atoms with Crippen LogP contribution in [0, 0.1) is 10.8 Å². The van der Waals surface area contributed by atoms with Crippen molar-refractivity contribution in [2.24, 2.45) is 10.8 Å². The highest BCUT2D eigenvalue weighted by atomic mass is 16.0. The molecule has 0 bridgehead atoms. The third-order valence-electron chi connectivity index (χ3n) is 4.26. The van der Waals surface area contributed by atoms with Crippen LogP contribution in [0.15, 0.2) is 0 Å². The van der Waals surface area contributed by atoms with E-state index in [1.54, 1.807) is 0 Å². The maximum Gasteiger partial charge on any atom is 0.0945 e. The van der Waals surface area contributed by atoms with E-state index in [0.29, 0.717) is 5.41 Å². The summed E-state index contributed by atoms with van der Waals surface area (Å²) in [5.41, 5.74) is 5.06. The lowest BCUT2D eigenvalue weighted by atomic mass is 9.57. The quantitative estimate of drug-likeness (QED) is 0.750. The molecule has 88 valence electrons. The zero-order chi connectivity index (χ0) is 10.9. The monoisotopic (exact) mass is 203 g/mol. The van der Waals surface area contributed by atoms with Crippen LogP contribution in [0.2, 0.25) is 0 Å². The van der Waals surface area contributed by atoms with Crippen molar-refractivity contribution < 1.29 is 11.2 Å². The van der Waals surface area contributed by atoms with Crippen LogP contribution in [-0.2, 0) is 0 Å². The Kier molecular flexibility index (Phi) is 5.40. The molecule has 0 fully saturated rings. The van der Waals surface area contributed by atoms with Gasteiger partial charge in [-0.1, -0.05) is 41.0 Å². The van der Waals surface area contributed by atoms with E-state index < -0.39 is 0 Å². The molecule has 4 N–H and O–H groups in total. The normalized spacial score (nSPS) is 13.7. The van der Waals surface area contributed by atoms with E-state index in [9.17, 15) is 0 Å². The summed E-state index contributed by atoms with van der Waals surface area (Å²) in [7, 11) is 0. The van der Waals surface area contributed by atoms with E-state index >= 15 is 0 Å². The van der Waals surface area contributed by atoms with Crippen LogP contribution < -0.4 is 5.73 Å². The Hall–Kier alpha value is -0.0800. The lowest BCUT2D eigenvalue weighted by Crippen LogP contribution is -2.77. The lowest BCUT2D eigenvalue weighted by Gasteiger charge is -2.48. The van der Waals surface area contributed by atoms with Crippen molar-refractivity contribution >= 4 is 0 Å². The standard InChI is InChI=1S/C12H27N.H2O/c1-8-9-10(2,3)11(4,5)12(6,7)13;/h8-9,13H2,1-7H3;1H2. The smallest absolute Gasteiger partial charge is 0.0945 e. The molecule has 0 aromatic rings. The highest BCUT2D eigenvalue weighted by Gasteiger charge is 2.47. The molecule has 14 heavy (non-hydrogen) atoms. The van der Waals surface area contributed by atoms with E-state index in [1.807, 2.05) is 0 Å². The first-order chi connectivity index (χ1) is 5.56. The summed E-state index contributed by atoms with van der Waals surface area (Å²) < 4.78 is 0. The number of hydrogen-bond acceptors (Lipinski definition) is 1. The maximum absolute atomic E-state index is 4.29. The minimum Gasteiger partial charge on any atom is -0.870 e. The molecular formula is C12H29NO. The number of hydrogen-bond donors (Lipinski definition) is 1. The van der Waals surface area contributed by atoms with Gasteiger partial charge < -0.3 is 11.2 Å². The van der Waals surface area contributed by atoms with Crippen LogP contribution in [0.3, 0.4) is 0 Å². The molecule has 0 aromatic carbocycles. The number of rotatable bonds is 4. The molecule has 2 heteroatoms. The van der Waals surface area contributed by atoms with Gasteiger partial charge in [-0.2, -0.15) is 0 Å². The molecule has 0 rings (SSSR count). The van der Waals surface area contributed by atoms with Gasteiger partial charge in [0, 0.05) is 5.41 Å². The summed E-state index contributed by atoms with van der Waals surface area (Å²) in [4.78, 5) is 0. The second-order valence-electron chi connectivity index (χ2n) is 6.14. The fraction of sp³-hybridized carbons (Fsp3) is 1.00. The molecule has 0 aliphatic heterocycles. The van der Waals surface area contributed by atoms with Crippen molar-refractivity contribution in [3.05, 3.63) is 0 Å². The third-order valence-corrected chi connectivity index (χ3v) is 4.26. The van der Waals surface area contributed by atoms with Crippen LogP contribution in [0.25, 0.3) is 0 Å². The molecule has 0 saturated heterocycles. The predicted molar refractivity (Wildman–Crippen MR) is 61.4 cm³/mol. The SMILES string of the molecule is CCCC(C)(C)C(C)(C)C(C)(C)[NH3+].[OH-]. The van der Waals surface area contributed by atoms with Crippen molar-refractivity contribution in [2.75, 3.05) is 0 Å². The summed E-state index contributed by atoms with van der Waals surface area (Å²) in [6.45, 7) is 16.2. The van der Waals surface area contributed by atoms with Crippen molar-refractivity contribution in [1.29, 1.82) is 0 Å². The van der Waals surface area contributed by atoms with Crippen LogP contribution in [-0.4, -0.2) is 11.0 Å². The molecule has 2 nitrogen and oxygen atoms in total. The van der Waals surface area contributed by atoms with Crippen molar-refractivity contribution in [2.45, 2.75) is 66.8 Å². The van der Waals surface area contributed by atoms with Gasteiger partial charge in [0.2, 0.25) is 0 Å². The van der Waals surface area contributed by atoms with E-state index in [2.05, 4.69) is 54.2 Å². The van der Waals surface area contributed by atoms with Crippen LogP contribution >= 0.6 is 0 Å². The van der Waals surface area contributed by atoms with E-state index in [-0.39, 0.29) is 16.4 Å². The average molecular weight is 203 g/mol. The average Bonchev–Trinajstić information content (AvgIpc) is 1.84. The highest BCUT2D eigenvalue weighted by Crippen LogP contribution is 2.47. The molecule has 0 aromatic heterocycles. The van der Waals surface area contributed by atoms with Gasteiger partial charge in [-0.05, 0) is 25.7 Å². The first kappa shape index (κ1) is 16.4. The maximum atomic E-state index is 4.29. The van der Waals surface area contributed by atoms with Gasteiger partial charge in [-0.3, -0.25) is 0 Å². The van der Waals surface area contributed by atoms with Crippen LogP contribution in [0.5, 0.6) is 0 Å². The van der Waals surface area contributed by atoms with Crippen LogP contribution in [0.1, 0.15) is 61.3 Å². The Morgan fingerprint density at radius 1 is 0.929 bits per heavy atom. The van der Waals surface area contributed by atoms with Crippen molar-refractivity contribution in [1.82, 2.24) is 0 Å². The largest absolute Gasteiger partial charge is 0.870 e. The summed E-state index contributed by atoms with van der Waals surface area (Å²) in [5, 5.41) is 0. The van der Waals surface area contributed by atoms with Crippen molar-refractivity contribution in [3.63, 3.8) is 0 Å². The summed E-state index contributed by atoms with van der Waals surface area (Å²) >= 11 is 0. The summed E-state index contributed by atoms with van der Waals surface area (Å²) in [6, 6.07) is 0. The molecule has 0 aliphatic rings. The second-order valence-corrected chi connectivity index (χ2v) is 6.14. The van der Waals surface area contributed by atoms with Gasteiger partial charge in [-0.25, -0.2) is 0 Å². The molecule has 0 radical (unpaired) electrons. The van der Waals surface area contributed by atoms with E-state index in [4.69, 9.17) is 0 Å². The van der Waals surface area contributed by atoms with Gasteiger partial charge in [0.25, 0.3) is 0 Å². The fourth-order valence-electron chi connectivity index (χ4n) is 1.85. The summed E-state index contributed by atoms with van der Waals surface area (Å²) in [5.74, 6) is 0. The Morgan fingerprint density at radius 3 is 1.50 bits per heavy atom. The zero-order valence-corrected chi connectivity index (χ0v) is 11.1. The van der Waals surface area contributed by atoms with E-state index in [1.165, 1.54) is 12.8 Å². The minimum absolute atomic E-state index is 0. The van der Waals surface area contributed by atoms with Gasteiger partial charge in [-0.15, -0.1) is 0 Å². The highest BCUT2D eigenvalue weighted by molar-refractivity contribution is 4.95. The fourth-order valence-corrected chi connectivity index (χ4v) is 1.85. The molecule has 0 atom stereocenters. The molecule has 0 aliphatic carbocycles. The van der Waals surface area contributed by atoms with Crippen LogP contribution in [0.4, 0.5) is 0 Å². The molecule has 0 unspecified atom stereocenters. The molecule has 0 spiro atoms. The van der Waals surface area contributed by atoms with Gasteiger partial charge in [0.1, 0.15) is 0 Å². The molecule has 0 amide bonds. The first-order valence-corrected chi connectivity index (χ1v) is 5.41. The molecule has 0 heterocycles. The van der Waals surface area contributed by atoms with Gasteiger partial charge >= 0.3 is 0 Å².